The fourth-order valence-corrected chi connectivity index (χ4v) is 3.44. The standard InChI is InChI=1S/C25H23N5O2/c1-18(19-7-3-2-4-8-19)28-25(32)21-9-5-6-10-22(21)29-24(31)17-30-23(13-16-27-30)20-11-14-26-15-12-20/h2-16,18H,17H2,1H3,(H,28,32)(H,29,31). The molecule has 1 atom stereocenters. The molecule has 0 bridgehead atoms. The number of nitrogens with zero attached hydrogens (tertiary/aromatic N) is 3. The van der Waals surface area contributed by atoms with Crippen LogP contribution in [0.3, 0.4) is 0 Å². The van der Waals surface area contributed by atoms with E-state index >= 15 is 0 Å². The summed E-state index contributed by atoms with van der Waals surface area (Å²) in [4.78, 5) is 29.7. The van der Waals surface area contributed by atoms with Crippen LogP contribution in [0.4, 0.5) is 5.69 Å². The van der Waals surface area contributed by atoms with Crippen molar-refractivity contribution >= 4 is 17.5 Å². The van der Waals surface area contributed by atoms with Crippen LogP contribution in [0.2, 0.25) is 0 Å². The summed E-state index contributed by atoms with van der Waals surface area (Å²) in [5, 5.41) is 10.1. The fraction of sp³-hybridized carbons (Fsp3) is 0.120. The van der Waals surface area contributed by atoms with Gasteiger partial charge in [0.2, 0.25) is 5.91 Å². The first-order valence-electron chi connectivity index (χ1n) is 10.3. The molecule has 0 saturated heterocycles. The van der Waals surface area contributed by atoms with E-state index in [1.54, 1.807) is 47.5 Å². The lowest BCUT2D eigenvalue weighted by Gasteiger charge is -2.16. The second-order valence-electron chi connectivity index (χ2n) is 7.31. The minimum absolute atomic E-state index is 0.0149. The lowest BCUT2D eigenvalue weighted by atomic mass is 10.1. The molecule has 160 valence electrons. The Kier molecular flexibility index (Phi) is 6.36. The summed E-state index contributed by atoms with van der Waals surface area (Å²) >= 11 is 0. The molecule has 32 heavy (non-hydrogen) atoms. The number of pyridine rings is 1. The predicted molar refractivity (Wildman–Crippen MR) is 123 cm³/mol. The molecule has 0 aliphatic heterocycles. The molecule has 4 aromatic rings. The van der Waals surface area contributed by atoms with Crippen molar-refractivity contribution in [2.45, 2.75) is 19.5 Å². The summed E-state index contributed by atoms with van der Waals surface area (Å²) in [6.45, 7) is 1.94. The lowest BCUT2D eigenvalue weighted by Crippen LogP contribution is -2.28. The monoisotopic (exact) mass is 425 g/mol. The summed E-state index contributed by atoms with van der Waals surface area (Å²) < 4.78 is 1.62. The number of carbonyl (C=O) groups excluding carboxylic acids is 2. The summed E-state index contributed by atoms with van der Waals surface area (Å²) in [6, 6.07) is 22.1. The largest absolute Gasteiger partial charge is 0.345 e. The molecule has 0 radical (unpaired) electrons. The molecule has 1 unspecified atom stereocenters. The van der Waals surface area contributed by atoms with Gasteiger partial charge in [-0.15, -0.1) is 0 Å². The van der Waals surface area contributed by atoms with E-state index < -0.39 is 0 Å². The van der Waals surface area contributed by atoms with E-state index in [2.05, 4.69) is 20.7 Å². The highest BCUT2D eigenvalue weighted by molar-refractivity contribution is 6.03. The van der Waals surface area contributed by atoms with E-state index in [0.717, 1.165) is 16.8 Å². The summed E-state index contributed by atoms with van der Waals surface area (Å²) in [7, 11) is 0. The van der Waals surface area contributed by atoms with E-state index in [9.17, 15) is 9.59 Å². The van der Waals surface area contributed by atoms with E-state index in [-0.39, 0.29) is 24.4 Å². The Bertz CT molecular complexity index is 1210. The number of carbonyl (C=O) groups is 2. The summed E-state index contributed by atoms with van der Waals surface area (Å²) in [5.74, 6) is -0.533. The smallest absolute Gasteiger partial charge is 0.253 e. The van der Waals surface area contributed by atoms with Gasteiger partial charge in [0.25, 0.3) is 5.91 Å². The van der Waals surface area contributed by atoms with Crippen LogP contribution in [0.1, 0.15) is 28.9 Å². The molecule has 2 heterocycles. The Morgan fingerprint density at radius 3 is 2.41 bits per heavy atom. The molecule has 7 heteroatoms. The molecule has 0 saturated carbocycles. The number of hydrogen-bond donors (Lipinski definition) is 2. The van der Waals surface area contributed by atoms with Crippen LogP contribution in [0.5, 0.6) is 0 Å². The number of benzene rings is 2. The number of rotatable bonds is 7. The molecule has 4 rings (SSSR count). The van der Waals surface area contributed by atoms with Crippen molar-refractivity contribution in [3.63, 3.8) is 0 Å². The molecular weight excluding hydrogens is 402 g/mol. The van der Waals surface area contributed by atoms with Crippen LogP contribution in [-0.2, 0) is 11.3 Å². The van der Waals surface area contributed by atoms with Crippen molar-refractivity contribution in [1.82, 2.24) is 20.1 Å². The van der Waals surface area contributed by atoms with Crippen molar-refractivity contribution in [3.05, 3.63) is 103 Å². The zero-order chi connectivity index (χ0) is 22.3. The van der Waals surface area contributed by atoms with Crippen molar-refractivity contribution in [2.24, 2.45) is 0 Å². The summed E-state index contributed by atoms with van der Waals surface area (Å²) in [6.07, 6.45) is 5.03. The molecule has 0 aliphatic carbocycles. The van der Waals surface area contributed by atoms with Gasteiger partial charge >= 0.3 is 0 Å². The molecular formula is C25H23N5O2. The van der Waals surface area contributed by atoms with Crippen molar-refractivity contribution in [1.29, 1.82) is 0 Å². The van der Waals surface area contributed by atoms with Crippen molar-refractivity contribution < 1.29 is 9.59 Å². The Morgan fingerprint density at radius 1 is 0.906 bits per heavy atom. The normalized spacial score (nSPS) is 11.5. The topological polar surface area (TPSA) is 88.9 Å². The summed E-state index contributed by atoms with van der Waals surface area (Å²) in [5.41, 5.74) is 3.58. The Morgan fingerprint density at radius 2 is 1.62 bits per heavy atom. The highest BCUT2D eigenvalue weighted by Gasteiger charge is 2.17. The first-order chi connectivity index (χ1) is 15.6. The number of anilines is 1. The third-order valence-electron chi connectivity index (χ3n) is 5.08. The number of nitrogens with one attached hydrogen (secondary N) is 2. The SMILES string of the molecule is CC(NC(=O)c1ccccc1NC(=O)Cn1nccc1-c1ccncc1)c1ccccc1. The van der Waals surface area contributed by atoms with Gasteiger partial charge in [0, 0.05) is 24.2 Å². The van der Waals surface area contributed by atoms with E-state index in [1.165, 1.54) is 0 Å². The highest BCUT2D eigenvalue weighted by atomic mass is 16.2. The molecule has 2 aromatic heterocycles. The Hall–Kier alpha value is -4.26. The molecule has 2 N–H and O–H groups in total. The third-order valence-corrected chi connectivity index (χ3v) is 5.08. The maximum Gasteiger partial charge on any atom is 0.253 e. The van der Waals surface area contributed by atoms with Crippen molar-refractivity contribution in [2.75, 3.05) is 5.32 Å². The minimum Gasteiger partial charge on any atom is -0.345 e. The van der Waals surface area contributed by atoms with E-state index in [1.807, 2.05) is 55.5 Å². The van der Waals surface area contributed by atoms with Gasteiger partial charge < -0.3 is 10.6 Å². The van der Waals surface area contributed by atoms with Crippen LogP contribution in [-0.4, -0.2) is 26.6 Å². The number of hydrogen-bond acceptors (Lipinski definition) is 4. The molecule has 0 aliphatic rings. The van der Waals surface area contributed by atoms with Gasteiger partial charge in [0.15, 0.2) is 0 Å². The first-order valence-corrected chi connectivity index (χ1v) is 10.3. The second-order valence-corrected chi connectivity index (χ2v) is 7.31. The molecule has 7 nitrogen and oxygen atoms in total. The lowest BCUT2D eigenvalue weighted by molar-refractivity contribution is -0.116. The predicted octanol–water partition coefficient (Wildman–Crippen LogP) is 4.07. The molecule has 0 spiro atoms. The Labute approximate surface area is 186 Å². The minimum atomic E-state index is -0.277. The van der Waals surface area contributed by atoms with Gasteiger partial charge in [-0.3, -0.25) is 19.3 Å². The fourth-order valence-electron chi connectivity index (χ4n) is 3.44. The quantitative estimate of drug-likeness (QED) is 0.467. The van der Waals surface area contributed by atoms with Crippen LogP contribution in [0.15, 0.2) is 91.4 Å². The zero-order valence-corrected chi connectivity index (χ0v) is 17.6. The number of aromatic nitrogens is 3. The second kappa shape index (κ2) is 9.70. The van der Waals surface area contributed by atoms with Gasteiger partial charge in [-0.2, -0.15) is 5.10 Å². The van der Waals surface area contributed by atoms with Crippen LogP contribution in [0, 0.1) is 0 Å². The third kappa shape index (κ3) is 4.89. The highest BCUT2D eigenvalue weighted by Crippen LogP contribution is 2.20. The number of amides is 2. The Balaban J connectivity index is 1.46. The maximum atomic E-state index is 12.9. The van der Waals surface area contributed by atoms with Crippen LogP contribution >= 0.6 is 0 Å². The van der Waals surface area contributed by atoms with Gasteiger partial charge in [-0.25, -0.2) is 0 Å². The van der Waals surface area contributed by atoms with Crippen molar-refractivity contribution in [3.8, 4) is 11.3 Å². The first kappa shape index (κ1) is 21.0. The average molecular weight is 425 g/mol. The van der Waals surface area contributed by atoms with Gasteiger partial charge in [-0.1, -0.05) is 42.5 Å². The van der Waals surface area contributed by atoms with Crippen LogP contribution in [0.25, 0.3) is 11.3 Å². The van der Waals surface area contributed by atoms with E-state index in [4.69, 9.17) is 0 Å². The maximum absolute atomic E-state index is 12.9. The van der Waals surface area contributed by atoms with Crippen LogP contribution < -0.4 is 10.6 Å². The van der Waals surface area contributed by atoms with Gasteiger partial charge in [-0.05, 0) is 42.8 Å². The molecule has 0 fully saturated rings. The average Bonchev–Trinajstić information content (AvgIpc) is 3.28. The van der Waals surface area contributed by atoms with Gasteiger partial charge in [0.1, 0.15) is 6.54 Å². The molecule has 2 amide bonds. The molecule has 2 aromatic carbocycles. The zero-order valence-electron chi connectivity index (χ0n) is 17.6. The van der Waals surface area contributed by atoms with Gasteiger partial charge in [0.05, 0.1) is 23.0 Å². The van der Waals surface area contributed by atoms with E-state index in [0.29, 0.717) is 11.3 Å². The number of para-hydroxylation sites is 1.